The van der Waals surface area contributed by atoms with Gasteiger partial charge in [-0.1, -0.05) is 29.8 Å². The van der Waals surface area contributed by atoms with Gasteiger partial charge in [0.05, 0.1) is 0 Å². The summed E-state index contributed by atoms with van der Waals surface area (Å²) in [5.74, 6) is -9.14. The number of Topliss-reactive ketones (excluding diaryl/α,β-unsaturated/α-hetero) is 1. The summed E-state index contributed by atoms with van der Waals surface area (Å²) in [6, 6.07) is 7.66. The molecule has 0 saturated heterocycles. The van der Waals surface area contributed by atoms with Crippen LogP contribution in [0.15, 0.2) is 36.4 Å². The summed E-state index contributed by atoms with van der Waals surface area (Å²) < 4.78 is 57.4. The monoisotopic (exact) mass is 308 g/mol. The molecule has 2 aromatic carbocycles. The second kappa shape index (κ2) is 4.41. The Hall–Kier alpha value is -2.17. The minimum atomic E-state index is -4.37. The van der Waals surface area contributed by atoms with Crippen molar-refractivity contribution in [1.82, 2.24) is 0 Å². The number of hydrogen-bond donors (Lipinski definition) is 0. The van der Waals surface area contributed by atoms with Crippen molar-refractivity contribution in [2.45, 2.75) is 25.7 Å². The summed E-state index contributed by atoms with van der Waals surface area (Å²) in [5, 5.41) is 0. The van der Waals surface area contributed by atoms with Crippen LogP contribution in [0.2, 0.25) is 0 Å². The number of hydrogen-bond acceptors (Lipinski definition) is 1. The predicted molar refractivity (Wildman–Crippen MR) is 74.4 cm³/mol. The first kappa shape index (κ1) is 14.8. The number of carbonyl (C=O) groups excluding carboxylic acids is 1. The fourth-order valence-electron chi connectivity index (χ4n) is 2.75. The van der Waals surface area contributed by atoms with E-state index in [1.165, 1.54) is 25.1 Å². The zero-order valence-corrected chi connectivity index (χ0v) is 11.9. The van der Waals surface area contributed by atoms with Crippen molar-refractivity contribution in [2.75, 3.05) is 0 Å². The third-order valence-electron chi connectivity index (χ3n) is 3.96. The Morgan fingerprint density at radius 1 is 0.864 bits per heavy atom. The predicted octanol–water partition coefficient (Wildman–Crippen LogP) is 5.06. The zero-order valence-electron chi connectivity index (χ0n) is 11.9. The van der Waals surface area contributed by atoms with Crippen molar-refractivity contribution in [1.29, 1.82) is 0 Å². The third-order valence-corrected chi connectivity index (χ3v) is 3.96. The van der Waals surface area contributed by atoms with Crippen LogP contribution in [0.3, 0.4) is 0 Å². The van der Waals surface area contributed by atoms with Gasteiger partial charge in [0.2, 0.25) is 0 Å². The summed E-state index contributed by atoms with van der Waals surface area (Å²) in [6.45, 7) is 2.78. The second-order valence-electron chi connectivity index (χ2n) is 5.51. The molecule has 22 heavy (non-hydrogen) atoms. The average molecular weight is 308 g/mol. The van der Waals surface area contributed by atoms with Gasteiger partial charge < -0.3 is 0 Å². The van der Waals surface area contributed by atoms with Gasteiger partial charge in [-0.2, -0.15) is 17.6 Å². The number of halogens is 4. The largest absolute Gasteiger partial charge is 0.340 e. The number of ketones is 1. The Morgan fingerprint density at radius 3 is 1.91 bits per heavy atom. The molecule has 0 saturated carbocycles. The number of fused-ring (bicyclic) bond motifs is 3. The average Bonchev–Trinajstić information content (AvgIpc) is 2.45. The van der Waals surface area contributed by atoms with E-state index in [1.54, 1.807) is 13.0 Å². The van der Waals surface area contributed by atoms with E-state index in [-0.39, 0.29) is 16.7 Å². The van der Waals surface area contributed by atoms with Gasteiger partial charge in [0.1, 0.15) is 0 Å². The van der Waals surface area contributed by atoms with Crippen LogP contribution in [-0.4, -0.2) is 5.78 Å². The summed E-state index contributed by atoms with van der Waals surface area (Å²) in [7, 11) is 0. The van der Waals surface area contributed by atoms with Gasteiger partial charge in [0.25, 0.3) is 0 Å². The molecule has 3 rings (SSSR count). The Balaban J connectivity index is 2.39. The first-order valence-corrected chi connectivity index (χ1v) is 6.69. The molecule has 5 heteroatoms. The molecule has 0 bridgehead atoms. The molecular weight excluding hydrogens is 296 g/mol. The van der Waals surface area contributed by atoms with Gasteiger partial charge in [-0.3, -0.25) is 4.79 Å². The van der Waals surface area contributed by atoms with Crippen molar-refractivity contribution in [3.8, 4) is 11.1 Å². The molecule has 2 aromatic rings. The highest BCUT2D eigenvalue weighted by molar-refractivity contribution is 5.95. The zero-order chi connectivity index (χ0) is 16.3. The van der Waals surface area contributed by atoms with Crippen molar-refractivity contribution in [3.63, 3.8) is 0 Å². The molecule has 0 aromatic heterocycles. The molecule has 114 valence electrons. The molecule has 0 heterocycles. The number of rotatable bonds is 1. The third kappa shape index (κ3) is 1.81. The molecular formula is C17H12F4O. The maximum absolute atomic E-state index is 14.4. The van der Waals surface area contributed by atoms with E-state index in [0.717, 1.165) is 12.1 Å². The van der Waals surface area contributed by atoms with Crippen LogP contribution in [0, 0.1) is 6.92 Å². The highest BCUT2D eigenvalue weighted by Crippen LogP contribution is 2.57. The van der Waals surface area contributed by atoms with Crippen LogP contribution in [0.25, 0.3) is 11.1 Å². The smallest absolute Gasteiger partial charge is 0.295 e. The molecule has 0 atom stereocenters. The van der Waals surface area contributed by atoms with Crippen LogP contribution < -0.4 is 0 Å². The number of carbonyl (C=O) groups is 1. The fourth-order valence-corrected chi connectivity index (χ4v) is 2.75. The van der Waals surface area contributed by atoms with Crippen LogP contribution >= 0.6 is 0 Å². The molecule has 0 aliphatic heterocycles. The minimum Gasteiger partial charge on any atom is -0.295 e. The maximum Gasteiger partial charge on any atom is 0.340 e. The molecule has 0 spiro atoms. The molecule has 0 amide bonds. The normalized spacial score (nSPS) is 17.5. The molecule has 0 N–H and O–H groups in total. The molecule has 0 radical (unpaired) electrons. The Labute approximate surface area is 124 Å². The SMILES string of the molecule is CC(=O)c1ccc2c(c1)C(F)(F)C(F)(F)c1cc(C)ccc1-2. The van der Waals surface area contributed by atoms with Crippen LogP contribution in [0.1, 0.15) is 34.0 Å². The van der Waals surface area contributed by atoms with Gasteiger partial charge in [-0.05, 0) is 37.1 Å². The van der Waals surface area contributed by atoms with E-state index < -0.39 is 28.8 Å². The van der Waals surface area contributed by atoms with Gasteiger partial charge in [-0.15, -0.1) is 0 Å². The first-order chi connectivity index (χ1) is 10.2. The molecule has 1 aliphatic rings. The van der Waals surface area contributed by atoms with Crippen molar-refractivity contribution < 1.29 is 22.4 Å². The standard InChI is InChI=1S/C17H12F4O/c1-9-3-5-12-13-6-4-11(10(2)22)8-15(13)17(20,21)16(18,19)14(12)7-9/h3-8H,1-2H3. The van der Waals surface area contributed by atoms with Crippen LogP contribution in [-0.2, 0) is 11.8 Å². The topological polar surface area (TPSA) is 17.1 Å². The van der Waals surface area contributed by atoms with E-state index >= 15 is 0 Å². The lowest BCUT2D eigenvalue weighted by Gasteiger charge is -2.35. The van der Waals surface area contributed by atoms with Crippen molar-refractivity contribution >= 4 is 5.78 Å². The van der Waals surface area contributed by atoms with Crippen LogP contribution in [0.5, 0.6) is 0 Å². The Bertz CT molecular complexity index is 793. The van der Waals surface area contributed by atoms with Gasteiger partial charge >= 0.3 is 11.8 Å². The highest BCUT2D eigenvalue weighted by atomic mass is 19.3. The molecule has 1 aliphatic carbocycles. The van der Waals surface area contributed by atoms with E-state index in [1.807, 2.05) is 0 Å². The lowest BCUT2D eigenvalue weighted by Crippen LogP contribution is -2.39. The van der Waals surface area contributed by atoms with Crippen LogP contribution in [0.4, 0.5) is 17.6 Å². The number of benzene rings is 2. The lowest BCUT2D eigenvalue weighted by molar-refractivity contribution is -0.225. The Morgan fingerprint density at radius 2 is 1.36 bits per heavy atom. The molecule has 0 unspecified atom stereocenters. The van der Waals surface area contributed by atoms with Gasteiger partial charge in [-0.25, -0.2) is 0 Å². The maximum atomic E-state index is 14.4. The minimum absolute atomic E-state index is 0.00946. The van der Waals surface area contributed by atoms with Crippen molar-refractivity contribution in [2.24, 2.45) is 0 Å². The highest BCUT2D eigenvalue weighted by Gasteiger charge is 2.62. The van der Waals surface area contributed by atoms with E-state index in [0.29, 0.717) is 5.56 Å². The van der Waals surface area contributed by atoms with E-state index in [4.69, 9.17) is 0 Å². The Kier molecular flexibility index (Phi) is 2.96. The fraction of sp³-hybridized carbons (Fsp3) is 0.235. The summed E-state index contributed by atoms with van der Waals surface area (Å²) >= 11 is 0. The quantitative estimate of drug-likeness (QED) is 0.531. The van der Waals surface area contributed by atoms with Gasteiger partial charge in [0.15, 0.2) is 5.78 Å². The second-order valence-corrected chi connectivity index (χ2v) is 5.51. The summed E-state index contributed by atoms with van der Waals surface area (Å²) in [4.78, 5) is 11.4. The van der Waals surface area contributed by atoms with E-state index in [2.05, 4.69) is 0 Å². The number of aryl methyl sites for hydroxylation is 1. The molecule has 0 fully saturated rings. The van der Waals surface area contributed by atoms with E-state index in [9.17, 15) is 22.4 Å². The van der Waals surface area contributed by atoms with Gasteiger partial charge in [0, 0.05) is 16.7 Å². The first-order valence-electron chi connectivity index (χ1n) is 6.69. The summed E-state index contributed by atoms with van der Waals surface area (Å²) in [5.41, 5.74) is -0.896. The van der Waals surface area contributed by atoms with Crippen molar-refractivity contribution in [3.05, 3.63) is 58.7 Å². The summed E-state index contributed by atoms with van der Waals surface area (Å²) in [6.07, 6.45) is 0. The lowest BCUT2D eigenvalue weighted by atomic mass is 9.79. The number of alkyl halides is 4. The molecule has 1 nitrogen and oxygen atoms in total.